The number of hydrogen-bond acceptors (Lipinski definition) is 4. The summed E-state index contributed by atoms with van der Waals surface area (Å²) in [7, 11) is 1.71. The van der Waals surface area contributed by atoms with Gasteiger partial charge in [0.05, 0.1) is 19.1 Å². The molecule has 1 saturated heterocycles. The number of halogens is 1. The predicted octanol–water partition coefficient (Wildman–Crippen LogP) is 4.37. The second-order valence-electron chi connectivity index (χ2n) is 9.40. The van der Waals surface area contributed by atoms with E-state index < -0.39 is 0 Å². The highest BCUT2D eigenvalue weighted by molar-refractivity contribution is 6.30. The fraction of sp³-hybridized carbons (Fsp3) is 0.500. The molecule has 32 heavy (non-hydrogen) atoms. The lowest BCUT2D eigenvalue weighted by Gasteiger charge is -2.49. The Morgan fingerprint density at radius 1 is 1.19 bits per heavy atom. The first-order valence-electron chi connectivity index (χ1n) is 11.6. The quantitative estimate of drug-likeness (QED) is 0.673. The van der Waals surface area contributed by atoms with Crippen molar-refractivity contribution in [2.24, 2.45) is 11.8 Å². The SMILES string of the molecule is COc1ccc2c(c1)N1CCN(Cc3ccc(Cl)cc3)C[C@H]1[C@H](C(=O)NCCC(C)C)C2. The molecule has 0 unspecified atom stereocenters. The number of benzene rings is 2. The zero-order valence-corrected chi connectivity index (χ0v) is 20.1. The van der Waals surface area contributed by atoms with E-state index in [0.29, 0.717) is 5.92 Å². The Bertz CT molecular complexity index is 931. The van der Waals surface area contributed by atoms with Crippen molar-refractivity contribution in [1.82, 2.24) is 10.2 Å². The van der Waals surface area contributed by atoms with Gasteiger partial charge in [0, 0.05) is 49.5 Å². The lowest BCUT2D eigenvalue weighted by Crippen LogP contribution is -2.60. The van der Waals surface area contributed by atoms with Crippen molar-refractivity contribution in [3.8, 4) is 5.75 Å². The predicted molar refractivity (Wildman–Crippen MR) is 131 cm³/mol. The van der Waals surface area contributed by atoms with Gasteiger partial charge in [-0.15, -0.1) is 0 Å². The molecule has 0 aliphatic carbocycles. The minimum atomic E-state index is -0.0592. The van der Waals surface area contributed by atoms with Crippen LogP contribution in [-0.2, 0) is 17.8 Å². The van der Waals surface area contributed by atoms with Gasteiger partial charge in [-0.25, -0.2) is 0 Å². The Balaban J connectivity index is 1.55. The van der Waals surface area contributed by atoms with E-state index in [-0.39, 0.29) is 17.9 Å². The molecular weight excluding hydrogens is 422 g/mol. The molecule has 172 valence electrons. The molecule has 0 bridgehead atoms. The minimum absolute atomic E-state index is 0.0592. The summed E-state index contributed by atoms with van der Waals surface area (Å²) in [5.41, 5.74) is 3.70. The van der Waals surface area contributed by atoms with Gasteiger partial charge in [0.1, 0.15) is 5.75 Å². The normalized spacial score (nSPS) is 20.6. The van der Waals surface area contributed by atoms with Gasteiger partial charge in [0.25, 0.3) is 0 Å². The first-order chi connectivity index (χ1) is 15.4. The maximum absolute atomic E-state index is 13.3. The summed E-state index contributed by atoms with van der Waals surface area (Å²) >= 11 is 6.06. The molecule has 2 aliphatic rings. The fourth-order valence-electron chi connectivity index (χ4n) is 4.87. The highest BCUT2D eigenvalue weighted by Crippen LogP contribution is 2.38. The summed E-state index contributed by atoms with van der Waals surface area (Å²) in [6, 6.07) is 14.5. The minimum Gasteiger partial charge on any atom is -0.497 e. The monoisotopic (exact) mass is 455 g/mol. The van der Waals surface area contributed by atoms with E-state index >= 15 is 0 Å². The number of hydrogen-bond donors (Lipinski definition) is 1. The number of methoxy groups -OCH3 is 1. The number of nitrogens with zero attached hydrogens (tertiary/aromatic N) is 2. The van der Waals surface area contributed by atoms with Gasteiger partial charge in [0.15, 0.2) is 0 Å². The first-order valence-corrected chi connectivity index (χ1v) is 12.0. The van der Waals surface area contributed by atoms with Crippen LogP contribution in [0, 0.1) is 11.8 Å². The Morgan fingerprint density at radius 2 is 1.97 bits per heavy atom. The third-order valence-electron chi connectivity index (χ3n) is 6.69. The number of piperazine rings is 1. The van der Waals surface area contributed by atoms with E-state index in [1.54, 1.807) is 7.11 Å². The summed E-state index contributed by atoms with van der Waals surface area (Å²) in [5.74, 6) is 1.56. The smallest absolute Gasteiger partial charge is 0.225 e. The van der Waals surface area contributed by atoms with Crippen molar-refractivity contribution in [2.45, 2.75) is 39.3 Å². The number of anilines is 1. The molecule has 2 aromatic carbocycles. The largest absolute Gasteiger partial charge is 0.497 e. The summed E-state index contributed by atoms with van der Waals surface area (Å²) in [6.07, 6.45) is 1.77. The van der Waals surface area contributed by atoms with Crippen LogP contribution in [0.2, 0.25) is 5.02 Å². The topological polar surface area (TPSA) is 44.8 Å². The van der Waals surface area contributed by atoms with Gasteiger partial charge < -0.3 is 15.0 Å². The molecule has 0 aromatic heterocycles. The molecule has 2 aromatic rings. The molecule has 1 fully saturated rings. The summed E-state index contributed by atoms with van der Waals surface area (Å²) in [4.78, 5) is 18.2. The molecule has 0 spiro atoms. The van der Waals surface area contributed by atoms with Gasteiger partial charge in [-0.05, 0) is 48.1 Å². The Kier molecular flexibility index (Phi) is 7.27. The first kappa shape index (κ1) is 22.9. The van der Waals surface area contributed by atoms with Crippen molar-refractivity contribution in [3.63, 3.8) is 0 Å². The number of rotatable bonds is 7. The lowest BCUT2D eigenvalue weighted by molar-refractivity contribution is -0.126. The van der Waals surface area contributed by atoms with Crippen molar-refractivity contribution in [1.29, 1.82) is 0 Å². The number of carbonyl (C=O) groups is 1. The molecule has 0 radical (unpaired) electrons. The average molecular weight is 456 g/mol. The third kappa shape index (κ3) is 5.21. The van der Waals surface area contributed by atoms with E-state index in [2.05, 4.69) is 53.2 Å². The number of amides is 1. The van der Waals surface area contributed by atoms with Crippen LogP contribution in [-0.4, -0.2) is 50.1 Å². The zero-order chi connectivity index (χ0) is 22.7. The summed E-state index contributed by atoms with van der Waals surface area (Å²) in [5, 5.41) is 3.98. The number of carbonyl (C=O) groups excluding carboxylic acids is 1. The number of fused-ring (bicyclic) bond motifs is 3. The van der Waals surface area contributed by atoms with Crippen LogP contribution in [0.3, 0.4) is 0 Å². The van der Waals surface area contributed by atoms with Crippen LogP contribution in [0.1, 0.15) is 31.4 Å². The average Bonchev–Trinajstić information content (AvgIpc) is 2.79. The van der Waals surface area contributed by atoms with E-state index in [4.69, 9.17) is 16.3 Å². The standard InChI is InChI=1S/C26H34ClN3O2/c1-18(2)10-11-28-26(31)23-14-20-6-9-22(32-3)15-24(20)30-13-12-29(17-25(23)30)16-19-4-7-21(27)8-5-19/h4-9,15,18,23,25H,10-14,16-17H2,1-3H3,(H,28,31)/t23-,25+/m1/s1. The van der Waals surface area contributed by atoms with Crippen LogP contribution < -0.4 is 15.0 Å². The van der Waals surface area contributed by atoms with E-state index in [1.165, 1.54) is 16.8 Å². The molecule has 2 heterocycles. The van der Waals surface area contributed by atoms with Crippen LogP contribution >= 0.6 is 11.6 Å². The van der Waals surface area contributed by atoms with Crippen LogP contribution in [0.15, 0.2) is 42.5 Å². The van der Waals surface area contributed by atoms with Crippen molar-refractivity contribution >= 4 is 23.2 Å². The second-order valence-corrected chi connectivity index (χ2v) is 9.84. The van der Waals surface area contributed by atoms with Crippen molar-refractivity contribution in [3.05, 3.63) is 58.6 Å². The molecule has 0 saturated carbocycles. The fourth-order valence-corrected chi connectivity index (χ4v) is 5.00. The van der Waals surface area contributed by atoms with Gasteiger partial charge in [0.2, 0.25) is 5.91 Å². The molecule has 1 amide bonds. The highest BCUT2D eigenvalue weighted by atomic mass is 35.5. The maximum Gasteiger partial charge on any atom is 0.225 e. The maximum atomic E-state index is 13.3. The Morgan fingerprint density at radius 3 is 2.69 bits per heavy atom. The van der Waals surface area contributed by atoms with Gasteiger partial charge in [-0.1, -0.05) is 43.6 Å². The molecule has 5 nitrogen and oxygen atoms in total. The molecule has 2 atom stereocenters. The molecular formula is C26H34ClN3O2. The second kappa shape index (κ2) is 10.1. The molecule has 1 N–H and O–H groups in total. The molecule has 2 aliphatic heterocycles. The third-order valence-corrected chi connectivity index (χ3v) is 6.94. The van der Waals surface area contributed by atoms with Gasteiger partial charge in [-0.3, -0.25) is 9.69 Å². The Labute approximate surface area is 196 Å². The van der Waals surface area contributed by atoms with Gasteiger partial charge in [-0.2, -0.15) is 0 Å². The van der Waals surface area contributed by atoms with Gasteiger partial charge >= 0.3 is 0 Å². The summed E-state index contributed by atoms with van der Waals surface area (Å²) in [6.45, 7) is 8.70. The van der Waals surface area contributed by atoms with Crippen LogP contribution in [0.25, 0.3) is 0 Å². The molecule has 6 heteroatoms. The van der Waals surface area contributed by atoms with Crippen LogP contribution in [0.4, 0.5) is 5.69 Å². The van der Waals surface area contributed by atoms with E-state index in [9.17, 15) is 4.79 Å². The number of nitrogens with one attached hydrogen (secondary N) is 1. The van der Waals surface area contributed by atoms with Crippen molar-refractivity contribution < 1.29 is 9.53 Å². The van der Waals surface area contributed by atoms with E-state index in [1.807, 2.05) is 18.2 Å². The summed E-state index contributed by atoms with van der Waals surface area (Å²) < 4.78 is 5.49. The number of ether oxygens (including phenoxy) is 1. The van der Waals surface area contributed by atoms with Crippen molar-refractivity contribution in [2.75, 3.05) is 38.2 Å². The zero-order valence-electron chi connectivity index (χ0n) is 19.3. The van der Waals surface area contributed by atoms with Crippen LogP contribution in [0.5, 0.6) is 5.75 Å². The Hall–Kier alpha value is -2.24. The van der Waals surface area contributed by atoms with E-state index in [0.717, 1.165) is 56.3 Å². The lowest BCUT2D eigenvalue weighted by atomic mass is 9.83. The highest BCUT2D eigenvalue weighted by Gasteiger charge is 2.41. The molecule has 4 rings (SSSR count).